The van der Waals surface area contributed by atoms with Gasteiger partial charge in [-0.05, 0) is 20.4 Å². The summed E-state index contributed by atoms with van der Waals surface area (Å²) in [6.07, 6.45) is -0.00214. The van der Waals surface area contributed by atoms with Gasteiger partial charge >= 0.3 is 5.97 Å². The lowest BCUT2D eigenvalue weighted by Crippen LogP contribution is -2.43. The van der Waals surface area contributed by atoms with Gasteiger partial charge in [-0.2, -0.15) is 0 Å². The first-order valence-corrected chi connectivity index (χ1v) is 6.13. The Balaban J connectivity index is 4.37. The quantitative estimate of drug-likeness (QED) is 0.667. The van der Waals surface area contributed by atoms with Gasteiger partial charge in [0.2, 0.25) is 5.91 Å². The third kappa shape index (κ3) is 6.26. The molecule has 0 heterocycles. The van der Waals surface area contributed by atoms with Gasteiger partial charge in [0, 0.05) is 25.0 Å². The van der Waals surface area contributed by atoms with Crippen molar-refractivity contribution in [3.05, 3.63) is 0 Å². The van der Waals surface area contributed by atoms with E-state index >= 15 is 0 Å². The molecule has 0 aliphatic heterocycles. The fourth-order valence-electron chi connectivity index (χ4n) is 1.57. The highest BCUT2D eigenvalue weighted by molar-refractivity contribution is 5.79. The van der Waals surface area contributed by atoms with E-state index in [1.807, 2.05) is 27.7 Å². The Hall–Kier alpha value is -1.10. The molecule has 0 saturated carbocycles. The van der Waals surface area contributed by atoms with Crippen molar-refractivity contribution in [2.45, 2.75) is 40.2 Å². The molecule has 0 aromatic carbocycles. The zero-order valence-corrected chi connectivity index (χ0v) is 11.2. The topological polar surface area (TPSA) is 69.6 Å². The van der Waals surface area contributed by atoms with Crippen LogP contribution in [0.5, 0.6) is 0 Å². The van der Waals surface area contributed by atoms with Crippen LogP contribution in [0.25, 0.3) is 0 Å². The van der Waals surface area contributed by atoms with Gasteiger partial charge in [0.05, 0.1) is 6.42 Å². The van der Waals surface area contributed by atoms with Crippen LogP contribution in [-0.2, 0) is 9.59 Å². The molecular formula is C12H24N2O3. The summed E-state index contributed by atoms with van der Waals surface area (Å²) in [5, 5.41) is 11.8. The summed E-state index contributed by atoms with van der Waals surface area (Å²) in [5.41, 5.74) is 0. The molecule has 100 valence electrons. The van der Waals surface area contributed by atoms with Gasteiger partial charge in [-0.3, -0.25) is 9.59 Å². The number of carbonyl (C=O) groups excluding carboxylic acids is 1. The van der Waals surface area contributed by atoms with Gasteiger partial charge in [-0.25, -0.2) is 0 Å². The second kappa shape index (κ2) is 8.06. The van der Waals surface area contributed by atoms with E-state index in [0.29, 0.717) is 6.54 Å². The van der Waals surface area contributed by atoms with Gasteiger partial charge in [0.15, 0.2) is 0 Å². The summed E-state index contributed by atoms with van der Waals surface area (Å²) in [5.74, 6) is -0.976. The first kappa shape index (κ1) is 15.9. The second-order valence-corrected chi connectivity index (χ2v) is 4.48. The number of hydrogen-bond acceptors (Lipinski definition) is 3. The minimum absolute atomic E-state index is 0.00214. The maximum atomic E-state index is 12.1. The number of carboxylic acids is 1. The minimum Gasteiger partial charge on any atom is -0.481 e. The number of amides is 1. The number of rotatable bonds is 8. The van der Waals surface area contributed by atoms with E-state index in [2.05, 4.69) is 5.32 Å². The zero-order valence-electron chi connectivity index (χ0n) is 11.2. The van der Waals surface area contributed by atoms with Crippen molar-refractivity contribution < 1.29 is 14.7 Å². The SMILES string of the molecule is CCNCC(C)C(=O)N(CCC(=O)O)C(C)C. The number of carboxylic acid groups (broad SMARTS) is 1. The molecule has 0 aromatic heterocycles. The predicted molar refractivity (Wildman–Crippen MR) is 66.8 cm³/mol. The third-order valence-electron chi connectivity index (χ3n) is 2.60. The number of nitrogens with one attached hydrogen (secondary N) is 1. The minimum atomic E-state index is -0.872. The van der Waals surface area contributed by atoms with E-state index in [1.54, 1.807) is 4.90 Å². The average Bonchev–Trinajstić information content (AvgIpc) is 2.24. The molecule has 0 aliphatic carbocycles. The molecule has 1 amide bonds. The Bertz CT molecular complexity index is 254. The van der Waals surface area contributed by atoms with Crippen LogP contribution >= 0.6 is 0 Å². The van der Waals surface area contributed by atoms with Gasteiger partial charge in [-0.1, -0.05) is 13.8 Å². The third-order valence-corrected chi connectivity index (χ3v) is 2.60. The molecule has 0 fully saturated rings. The van der Waals surface area contributed by atoms with Crippen LogP contribution in [0.2, 0.25) is 0 Å². The Morgan fingerprint density at radius 2 is 1.88 bits per heavy atom. The summed E-state index contributed by atoms with van der Waals surface area (Å²) < 4.78 is 0. The lowest BCUT2D eigenvalue weighted by atomic mass is 10.1. The van der Waals surface area contributed by atoms with Crippen molar-refractivity contribution in [3.8, 4) is 0 Å². The van der Waals surface area contributed by atoms with Gasteiger partial charge in [-0.15, -0.1) is 0 Å². The fourth-order valence-corrected chi connectivity index (χ4v) is 1.57. The summed E-state index contributed by atoms with van der Waals surface area (Å²) in [6, 6.07) is 0.0333. The predicted octanol–water partition coefficient (Wildman–Crippen LogP) is 0.944. The van der Waals surface area contributed by atoms with Gasteiger partial charge in [0.1, 0.15) is 0 Å². The Morgan fingerprint density at radius 3 is 2.29 bits per heavy atom. The first-order chi connectivity index (χ1) is 7.90. The first-order valence-electron chi connectivity index (χ1n) is 6.13. The summed E-state index contributed by atoms with van der Waals surface area (Å²) >= 11 is 0. The van der Waals surface area contributed by atoms with Crippen LogP contribution in [0.15, 0.2) is 0 Å². The average molecular weight is 244 g/mol. The lowest BCUT2D eigenvalue weighted by Gasteiger charge is -2.29. The molecule has 5 nitrogen and oxygen atoms in total. The van der Waals surface area contributed by atoms with Crippen LogP contribution in [0.1, 0.15) is 34.1 Å². The standard InChI is InChI=1S/C12H24N2O3/c1-5-13-8-10(4)12(17)14(9(2)3)7-6-11(15)16/h9-10,13H,5-8H2,1-4H3,(H,15,16). The Kier molecular flexibility index (Phi) is 7.54. The van der Waals surface area contributed by atoms with E-state index in [9.17, 15) is 9.59 Å². The molecule has 1 atom stereocenters. The monoisotopic (exact) mass is 244 g/mol. The van der Waals surface area contributed by atoms with Crippen molar-refractivity contribution in [1.82, 2.24) is 10.2 Å². The van der Waals surface area contributed by atoms with Crippen molar-refractivity contribution in [2.75, 3.05) is 19.6 Å². The highest BCUT2D eigenvalue weighted by Crippen LogP contribution is 2.07. The fraction of sp³-hybridized carbons (Fsp3) is 0.833. The summed E-state index contributed by atoms with van der Waals surface area (Å²) in [7, 11) is 0. The van der Waals surface area contributed by atoms with Crippen molar-refractivity contribution >= 4 is 11.9 Å². The van der Waals surface area contributed by atoms with Crippen molar-refractivity contribution in [2.24, 2.45) is 5.92 Å². The van der Waals surface area contributed by atoms with Crippen LogP contribution in [-0.4, -0.2) is 47.6 Å². The number of carbonyl (C=O) groups is 2. The molecule has 5 heteroatoms. The molecule has 2 N–H and O–H groups in total. The molecule has 0 spiro atoms. The smallest absolute Gasteiger partial charge is 0.305 e. The number of hydrogen-bond donors (Lipinski definition) is 2. The number of nitrogens with zero attached hydrogens (tertiary/aromatic N) is 1. The normalized spacial score (nSPS) is 12.5. The maximum absolute atomic E-state index is 12.1. The van der Waals surface area contributed by atoms with E-state index in [1.165, 1.54) is 0 Å². The molecule has 0 bridgehead atoms. The molecule has 0 aliphatic rings. The summed E-state index contributed by atoms with van der Waals surface area (Å²) in [6.45, 7) is 9.39. The molecule has 0 radical (unpaired) electrons. The largest absolute Gasteiger partial charge is 0.481 e. The Morgan fingerprint density at radius 1 is 1.29 bits per heavy atom. The molecule has 1 unspecified atom stereocenters. The lowest BCUT2D eigenvalue weighted by molar-refractivity contribution is -0.140. The number of aliphatic carboxylic acids is 1. The van der Waals surface area contributed by atoms with Crippen LogP contribution in [0.4, 0.5) is 0 Å². The zero-order chi connectivity index (χ0) is 13.4. The van der Waals surface area contributed by atoms with Crippen molar-refractivity contribution in [3.63, 3.8) is 0 Å². The van der Waals surface area contributed by atoms with Gasteiger partial charge < -0.3 is 15.3 Å². The van der Waals surface area contributed by atoms with E-state index in [0.717, 1.165) is 6.54 Å². The molecular weight excluding hydrogens is 220 g/mol. The molecule has 0 saturated heterocycles. The maximum Gasteiger partial charge on any atom is 0.305 e. The highest BCUT2D eigenvalue weighted by atomic mass is 16.4. The Labute approximate surface area is 103 Å². The van der Waals surface area contributed by atoms with E-state index in [-0.39, 0.29) is 30.8 Å². The molecule has 17 heavy (non-hydrogen) atoms. The summed E-state index contributed by atoms with van der Waals surface area (Å²) in [4.78, 5) is 24.3. The van der Waals surface area contributed by atoms with Crippen LogP contribution in [0, 0.1) is 5.92 Å². The molecule has 0 rings (SSSR count). The molecule has 0 aromatic rings. The van der Waals surface area contributed by atoms with Crippen LogP contribution in [0.3, 0.4) is 0 Å². The van der Waals surface area contributed by atoms with Crippen LogP contribution < -0.4 is 5.32 Å². The van der Waals surface area contributed by atoms with E-state index in [4.69, 9.17) is 5.11 Å². The van der Waals surface area contributed by atoms with E-state index < -0.39 is 5.97 Å². The second-order valence-electron chi connectivity index (χ2n) is 4.48. The highest BCUT2D eigenvalue weighted by Gasteiger charge is 2.22. The van der Waals surface area contributed by atoms with Crippen molar-refractivity contribution in [1.29, 1.82) is 0 Å². The van der Waals surface area contributed by atoms with Gasteiger partial charge in [0.25, 0.3) is 0 Å².